The Bertz CT molecular complexity index is 7800. The zero-order valence-electron chi connectivity index (χ0n) is 84.9. The summed E-state index contributed by atoms with van der Waals surface area (Å²) in [4.78, 5) is 4.00. The predicted octanol–water partition coefficient (Wildman–Crippen LogP) is 27.5. The molecule has 0 unspecified atom stereocenters. The van der Waals surface area contributed by atoms with E-state index in [9.17, 15) is 28.8 Å². The van der Waals surface area contributed by atoms with Crippen molar-refractivity contribution in [1.82, 2.24) is 9.13 Å². The van der Waals surface area contributed by atoms with Crippen LogP contribution in [0.2, 0.25) is 0 Å². The third-order valence-corrected chi connectivity index (χ3v) is 22.4. The first-order valence-electron chi connectivity index (χ1n) is 48.7. The number of aromatic nitrogens is 2. The predicted molar refractivity (Wildman–Crippen MR) is 483 cm³/mol. The minimum Gasteiger partial charge on any atom is -0.310 e. The van der Waals surface area contributed by atoms with Crippen molar-refractivity contribution in [3.8, 4) is 89.3 Å². The van der Waals surface area contributed by atoms with Crippen LogP contribution in [0, 0.1) is 0 Å². The molecule has 0 saturated heterocycles. The highest BCUT2D eigenvalue weighted by Gasteiger charge is 2.48. The van der Waals surface area contributed by atoms with Crippen molar-refractivity contribution in [1.29, 1.82) is 0 Å². The van der Waals surface area contributed by atoms with Gasteiger partial charge in [-0.05, 0) is 190 Å². The van der Waals surface area contributed by atoms with Gasteiger partial charge in [0.15, 0.2) is 0 Å². The maximum atomic E-state index is 12.3. The van der Waals surface area contributed by atoms with Crippen LogP contribution in [0.15, 0.2) is 363 Å². The molecular weight excluding hydrogens is 1360 g/mol. The van der Waals surface area contributed by atoms with Crippen molar-refractivity contribution in [2.45, 2.75) is 78.6 Å². The molecule has 0 N–H and O–H groups in total. The number of anilines is 6. The SMILES string of the molecule is [2H]c1c([2H])c(-n2c3c([2H])c([2H])c([2H])c([2H])c3c3c([2H])c([2H])c([2H])c([2H])c32)c([2H])c2c1B1c3c(cc(C(C)(C)C)cc3N(c3c(-c4ccccc4)cc(C(C)(C)C)cc3-c3ccccc3)c3c([2H])c(-n4c5c([2H])c([2H])c([2H])c([2H])c5c5c([2H])c([2H])c([2H])c([2H])c54)c([2H])c(-c4ccc(-c5ccc(-c6ccccc6)cc5)cc4)c31)N2c1c(-c2ccccc2)cc(C(C)(C)C)cc1-c1ccccc1. The molecule has 18 aromatic rings. The third kappa shape index (κ3) is 11.7. The zero-order chi connectivity index (χ0) is 94.9. The van der Waals surface area contributed by atoms with Crippen molar-refractivity contribution >= 4 is 101 Å². The summed E-state index contributed by atoms with van der Waals surface area (Å²) in [5.41, 5.74) is 9.02. The second-order valence-electron chi connectivity index (χ2n) is 32.4. The zero-order valence-corrected chi connectivity index (χ0v) is 63.9. The quantitative estimate of drug-likeness (QED) is 0.120. The van der Waals surface area contributed by atoms with Gasteiger partial charge in [0.1, 0.15) is 0 Å². The molecule has 0 aliphatic carbocycles. The minimum absolute atomic E-state index is 0.0181. The first-order valence-corrected chi connectivity index (χ1v) is 38.2. The number of benzene rings is 16. The van der Waals surface area contributed by atoms with Crippen LogP contribution in [0.25, 0.3) is 133 Å². The van der Waals surface area contributed by atoms with Crippen LogP contribution in [-0.2, 0) is 16.2 Å². The van der Waals surface area contributed by atoms with E-state index in [2.05, 4.69) is 98.7 Å². The topological polar surface area (TPSA) is 16.3 Å². The van der Waals surface area contributed by atoms with Gasteiger partial charge >= 0.3 is 0 Å². The molecule has 0 atom stereocenters. The van der Waals surface area contributed by atoms with Gasteiger partial charge in [-0.3, -0.25) is 0 Å². The molecule has 20 rings (SSSR count). The van der Waals surface area contributed by atoms with E-state index in [1.807, 2.05) is 210 Å². The van der Waals surface area contributed by atoms with Crippen molar-refractivity contribution in [3.05, 3.63) is 380 Å². The van der Waals surface area contributed by atoms with E-state index < -0.39 is 172 Å². The lowest BCUT2D eigenvalue weighted by Crippen LogP contribution is -2.62. The molecular formula is C108H87BN4. The molecule has 0 spiro atoms. The Balaban J connectivity index is 1.08. The van der Waals surface area contributed by atoms with E-state index in [0.29, 0.717) is 83.8 Å². The van der Waals surface area contributed by atoms with Crippen LogP contribution in [0.1, 0.15) is 108 Å². The van der Waals surface area contributed by atoms with E-state index >= 15 is 0 Å². The van der Waals surface area contributed by atoms with E-state index in [1.54, 1.807) is 0 Å². The molecule has 0 amide bonds. The first kappa shape index (κ1) is 49.8. The molecule has 2 aromatic heterocycles. The highest BCUT2D eigenvalue weighted by Crippen LogP contribution is 2.57. The Hall–Kier alpha value is -13.2. The van der Waals surface area contributed by atoms with Crippen LogP contribution < -0.4 is 26.2 Å². The van der Waals surface area contributed by atoms with Gasteiger partial charge in [0.05, 0.1) is 62.2 Å². The molecule has 2 aliphatic rings. The molecule has 16 aromatic carbocycles. The Kier molecular flexibility index (Phi) is 11.8. The lowest BCUT2D eigenvalue weighted by molar-refractivity contribution is 0.590. The summed E-state index contributed by atoms with van der Waals surface area (Å²) in [5, 5.41) is -1.30. The number of hydrogen-bond donors (Lipinski definition) is 0. The monoisotopic (exact) mass is 1470 g/mol. The van der Waals surface area contributed by atoms with Crippen molar-refractivity contribution < 1.29 is 28.8 Å². The minimum atomic E-state index is -1.58. The normalized spacial score (nSPS) is 15.4. The van der Waals surface area contributed by atoms with Crippen molar-refractivity contribution in [2.24, 2.45) is 0 Å². The smallest absolute Gasteiger partial charge is 0.252 e. The number of hydrogen-bond acceptors (Lipinski definition) is 2. The molecule has 5 heteroatoms. The fourth-order valence-corrected chi connectivity index (χ4v) is 16.6. The van der Waals surface area contributed by atoms with Gasteiger partial charge in [0.25, 0.3) is 6.71 Å². The number of nitrogens with zero attached hydrogens (tertiary/aromatic N) is 4. The van der Waals surface area contributed by atoms with Gasteiger partial charge in [-0.1, -0.05) is 341 Å². The van der Waals surface area contributed by atoms with Gasteiger partial charge in [-0.2, -0.15) is 0 Å². The summed E-state index contributed by atoms with van der Waals surface area (Å²) in [6.45, 7) is 17.4. The molecule has 0 bridgehead atoms. The summed E-state index contributed by atoms with van der Waals surface area (Å²) < 4.78 is 217. The van der Waals surface area contributed by atoms with Crippen LogP contribution in [-0.4, -0.2) is 15.8 Å². The summed E-state index contributed by atoms with van der Waals surface area (Å²) >= 11 is 0. The van der Waals surface area contributed by atoms with Gasteiger partial charge in [-0.25, -0.2) is 0 Å². The van der Waals surface area contributed by atoms with E-state index in [4.69, 9.17) is 0 Å². The third-order valence-electron chi connectivity index (χ3n) is 22.4. The Morgan fingerprint density at radius 3 is 0.912 bits per heavy atom. The molecule has 113 heavy (non-hydrogen) atoms. The maximum absolute atomic E-state index is 12.3. The van der Waals surface area contributed by atoms with Crippen LogP contribution in [0.5, 0.6) is 0 Å². The molecule has 2 aliphatic heterocycles. The molecule has 0 saturated carbocycles. The average Bonchev–Trinajstić information content (AvgIpc) is 0.858. The van der Waals surface area contributed by atoms with Crippen LogP contribution in [0.3, 0.4) is 0 Å². The van der Waals surface area contributed by atoms with Crippen molar-refractivity contribution in [3.63, 3.8) is 0 Å². The van der Waals surface area contributed by atoms with Gasteiger partial charge in [0, 0.05) is 77.9 Å². The fourth-order valence-electron chi connectivity index (χ4n) is 16.6. The number of rotatable bonds is 11. The lowest BCUT2D eigenvalue weighted by atomic mass is 9.32. The average molecular weight is 1470 g/mol. The van der Waals surface area contributed by atoms with E-state index in [0.717, 1.165) is 37.9 Å². The van der Waals surface area contributed by atoms with Crippen LogP contribution in [0.4, 0.5) is 34.1 Å². The summed E-state index contributed by atoms with van der Waals surface area (Å²) in [7, 11) is 0. The van der Waals surface area contributed by atoms with Crippen molar-refractivity contribution in [2.75, 3.05) is 9.80 Å². The molecule has 542 valence electrons. The molecule has 0 radical (unpaired) electrons. The Morgan fingerprint density at radius 2 is 0.549 bits per heavy atom. The van der Waals surface area contributed by atoms with Gasteiger partial charge in [-0.15, -0.1) is 0 Å². The Morgan fingerprint density at radius 1 is 0.257 bits per heavy atom. The molecule has 4 heterocycles. The highest BCUT2D eigenvalue weighted by atomic mass is 15.2. The molecule has 0 fully saturated rings. The highest BCUT2D eigenvalue weighted by molar-refractivity contribution is 7.01. The number of fused-ring (bicyclic) bond motifs is 10. The summed E-state index contributed by atoms with van der Waals surface area (Å²) in [5.74, 6) is 0. The second-order valence-corrected chi connectivity index (χ2v) is 32.4. The second kappa shape index (κ2) is 26.8. The standard InChI is InChI=1S/C108H87BN4/c1-106(2,3)79-61-89(74-35-17-11-18-36-74)104(90(62-79)75-37-19-12-20-38-75)112-98-68-82(110-94-47-29-25-43-84(94)85-44-26-30-48-95(85)110)59-60-93(98)109-102-88(78-57-55-73(56-58-78)72-53-51-71(52-54-72)70-33-15-10-16-34-70)67-83(111-96-49-31-27-45-86(96)87-46-28-32-50-97(87)111)69-101(102)113(100-66-81(108(7,8)9)65-99(112)103(100)109)105-91(76-39-21-13-22-40-76)63-80(107(4,5)6)64-92(105)77-41-23-14-24-42-77/h10-69H,1-9H3/i25D,26D,27D,28D,29D,30D,31D,32D,43D,44D,45D,46D,47D,48D,49D,50D,59D,60D,67D,68D,69D. The Labute approximate surface area is 693 Å². The lowest BCUT2D eigenvalue weighted by Gasteiger charge is -2.47. The summed E-state index contributed by atoms with van der Waals surface area (Å²) in [6, 6.07) is 63.0. The first-order chi connectivity index (χ1) is 63.7. The van der Waals surface area contributed by atoms with E-state index in [-0.39, 0.29) is 60.4 Å². The van der Waals surface area contributed by atoms with Crippen LogP contribution >= 0.6 is 0 Å². The largest absolute Gasteiger partial charge is 0.310 e. The number of para-hydroxylation sites is 4. The molecule has 4 nitrogen and oxygen atoms in total. The summed E-state index contributed by atoms with van der Waals surface area (Å²) in [6.07, 6.45) is 0. The fraction of sp³-hybridized carbons (Fsp3) is 0.111. The van der Waals surface area contributed by atoms with Gasteiger partial charge in [0.2, 0.25) is 0 Å². The van der Waals surface area contributed by atoms with E-state index in [1.165, 1.54) is 4.57 Å². The van der Waals surface area contributed by atoms with Gasteiger partial charge < -0.3 is 18.9 Å². The maximum Gasteiger partial charge on any atom is 0.252 e.